The van der Waals surface area contributed by atoms with Gasteiger partial charge in [-0.3, -0.25) is 4.79 Å². The van der Waals surface area contributed by atoms with Crippen molar-refractivity contribution >= 4 is 54.2 Å². The third kappa shape index (κ3) is 1.47. The van der Waals surface area contributed by atoms with Crippen LogP contribution < -0.4 is 5.56 Å². The van der Waals surface area contributed by atoms with Crippen molar-refractivity contribution in [2.24, 2.45) is 0 Å². The normalized spacial score (nSPS) is 11.0. The number of hydrogen-bond acceptors (Lipinski definition) is 3. The van der Waals surface area contributed by atoms with Gasteiger partial charge in [-0.2, -0.15) is 0 Å². The van der Waals surface area contributed by atoms with Gasteiger partial charge in [-0.05, 0) is 38.8 Å². The average molecular weight is 324 g/mol. The first-order valence-electron chi connectivity index (χ1n) is 3.44. The van der Waals surface area contributed by atoms with Gasteiger partial charge in [0.2, 0.25) is 0 Å². The van der Waals surface area contributed by atoms with Crippen molar-refractivity contribution in [3.8, 4) is 0 Å². The summed E-state index contributed by atoms with van der Waals surface area (Å²) in [5, 5.41) is 0. The standard InChI is InChI=1S/C7H4Br2N2OS/c1-2-7(12)11-4-3(10-2)5(8)13-6(4)9/h1H3,(H,11,12). The van der Waals surface area contributed by atoms with E-state index in [9.17, 15) is 4.79 Å². The van der Waals surface area contributed by atoms with Crippen LogP contribution in [0.3, 0.4) is 0 Å². The molecule has 0 atom stereocenters. The Labute approximate surface area is 94.5 Å². The van der Waals surface area contributed by atoms with Crippen molar-refractivity contribution in [1.29, 1.82) is 0 Å². The molecule has 0 saturated heterocycles. The van der Waals surface area contributed by atoms with E-state index < -0.39 is 0 Å². The predicted octanol–water partition coefficient (Wildman–Crippen LogP) is 2.82. The van der Waals surface area contributed by atoms with Gasteiger partial charge in [-0.25, -0.2) is 4.98 Å². The predicted molar refractivity (Wildman–Crippen MR) is 60.4 cm³/mol. The number of aromatic nitrogens is 2. The molecule has 0 aliphatic rings. The number of H-pyrrole nitrogens is 1. The Morgan fingerprint density at radius 3 is 2.77 bits per heavy atom. The highest BCUT2D eigenvalue weighted by atomic mass is 79.9. The average Bonchev–Trinajstić information content (AvgIpc) is 2.31. The van der Waals surface area contributed by atoms with Crippen molar-refractivity contribution in [1.82, 2.24) is 9.97 Å². The molecule has 68 valence electrons. The molecule has 6 heteroatoms. The van der Waals surface area contributed by atoms with Crippen LogP contribution in [-0.4, -0.2) is 9.97 Å². The van der Waals surface area contributed by atoms with E-state index in [1.165, 1.54) is 11.3 Å². The lowest BCUT2D eigenvalue weighted by atomic mass is 10.4. The number of fused-ring (bicyclic) bond motifs is 1. The zero-order valence-electron chi connectivity index (χ0n) is 6.52. The Bertz CT molecular complexity index is 531. The van der Waals surface area contributed by atoms with E-state index in [1.54, 1.807) is 6.92 Å². The first-order chi connectivity index (χ1) is 6.09. The van der Waals surface area contributed by atoms with Crippen molar-refractivity contribution in [2.45, 2.75) is 6.92 Å². The van der Waals surface area contributed by atoms with Crippen LogP contribution in [0.5, 0.6) is 0 Å². The van der Waals surface area contributed by atoms with Gasteiger partial charge in [0.15, 0.2) is 0 Å². The summed E-state index contributed by atoms with van der Waals surface area (Å²) in [4.78, 5) is 18.2. The van der Waals surface area contributed by atoms with Crippen LogP contribution >= 0.6 is 43.2 Å². The molecule has 0 bridgehead atoms. The van der Waals surface area contributed by atoms with Gasteiger partial charge in [0.25, 0.3) is 5.56 Å². The second-order valence-corrected chi connectivity index (χ2v) is 6.18. The zero-order chi connectivity index (χ0) is 9.59. The molecule has 1 N–H and O–H groups in total. The van der Waals surface area contributed by atoms with Crippen LogP contribution in [0.25, 0.3) is 11.0 Å². The molecule has 0 unspecified atom stereocenters. The number of aryl methyl sites for hydroxylation is 1. The second kappa shape index (κ2) is 3.18. The van der Waals surface area contributed by atoms with E-state index in [-0.39, 0.29) is 5.56 Å². The Balaban J connectivity index is 3.00. The minimum atomic E-state index is -0.140. The fourth-order valence-electron chi connectivity index (χ4n) is 1.00. The number of thiophene rings is 1. The van der Waals surface area contributed by atoms with Crippen LogP contribution in [0.4, 0.5) is 0 Å². The molecule has 2 aromatic rings. The smallest absolute Gasteiger partial charge is 0.269 e. The number of aromatic amines is 1. The van der Waals surface area contributed by atoms with E-state index in [2.05, 4.69) is 41.8 Å². The minimum absolute atomic E-state index is 0.140. The molecule has 0 saturated carbocycles. The Morgan fingerprint density at radius 2 is 2.08 bits per heavy atom. The first-order valence-corrected chi connectivity index (χ1v) is 5.84. The molecular formula is C7H4Br2N2OS. The number of hydrogen-bond donors (Lipinski definition) is 1. The monoisotopic (exact) mass is 322 g/mol. The molecule has 13 heavy (non-hydrogen) atoms. The van der Waals surface area contributed by atoms with Crippen molar-refractivity contribution in [3.63, 3.8) is 0 Å². The summed E-state index contributed by atoms with van der Waals surface area (Å²) in [5.74, 6) is 0. The van der Waals surface area contributed by atoms with Gasteiger partial charge in [-0.1, -0.05) is 0 Å². The molecule has 0 aromatic carbocycles. The maximum atomic E-state index is 11.2. The molecule has 0 radical (unpaired) electrons. The fraction of sp³-hybridized carbons (Fsp3) is 0.143. The summed E-state index contributed by atoms with van der Waals surface area (Å²) in [6.07, 6.45) is 0. The van der Waals surface area contributed by atoms with Crippen LogP contribution in [0, 0.1) is 6.92 Å². The van der Waals surface area contributed by atoms with Crippen LogP contribution in [0.15, 0.2) is 12.4 Å². The maximum Gasteiger partial charge on any atom is 0.269 e. The van der Waals surface area contributed by atoms with Gasteiger partial charge in [0, 0.05) is 0 Å². The molecule has 0 fully saturated rings. The number of rotatable bonds is 0. The molecule has 2 aromatic heterocycles. The van der Waals surface area contributed by atoms with E-state index in [1.807, 2.05) is 0 Å². The van der Waals surface area contributed by atoms with Gasteiger partial charge >= 0.3 is 0 Å². The third-order valence-corrected chi connectivity index (χ3v) is 4.14. The summed E-state index contributed by atoms with van der Waals surface area (Å²) in [5.41, 5.74) is 1.90. The van der Waals surface area contributed by atoms with Crippen LogP contribution in [0.1, 0.15) is 5.69 Å². The van der Waals surface area contributed by atoms with Gasteiger partial charge in [0.05, 0.1) is 13.1 Å². The van der Waals surface area contributed by atoms with Crippen molar-refractivity contribution < 1.29 is 0 Å². The number of nitrogens with one attached hydrogen (secondary N) is 1. The van der Waals surface area contributed by atoms with E-state index in [0.717, 1.165) is 18.6 Å². The lowest BCUT2D eigenvalue weighted by Gasteiger charge is -1.92. The Morgan fingerprint density at radius 1 is 1.38 bits per heavy atom. The largest absolute Gasteiger partial charge is 0.317 e. The second-order valence-electron chi connectivity index (χ2n) is 2.52. The minimum Gasteiger partial charge on any atom is -0.317 e. The molecule has 0 spiro atoms. The zero-order valence-corrected chi connectivity index (χ0v) is 10.5. The van der Waals surface area contributed by atoms with E-state index >= 15 is 0 Å². The SMILES string of the molecule is Cc1nc2c(Br)sc(Br)c2[nH]c1=O. The van der Waals surface area contributed by atoms with Gasteiger partial charge in [-0.15, -0.1) is 11.3 Å². The quantitative estimate of drug-likeness (QED) is 0.810. The summed E-state index contributed by atoms with van der Waals surface area (Å²) < 4.78 is 1.81. The first kappa shape index (κ1) is 9.36. The lowest BCUT2D eigenvalue weighted by Crippen LogP contribution is -2.10. The van der Waals surface area contributed by atoms with Crippen LogP contribution in [0.2, 0.25) is 0 Å². The van der Waals surface area contributed by atoms with Crippen molar-refractivity contribution in [3.05, 3.63) is 23.6 Å². The molecule has 2 heterocycles. The summed E-state index contributed by atoms with van der Waals surface area (Å²) in [6.45, 7) is 1.69. The molecule has 0 aliphatic heterocycles. The lowest BCUT2D eigenvalue weighted by molar-refractivity contribution is 1.12. The molecule has 2 rings (SSSR count). The highest BCUT2D eigenvalue weighted by molar-refractivity contribution is 9.12. The summed E-state index contributed by atoms with van der Waals surface area (Å²) in [6, 6.07) is 0. The molecular weight excluding hydrogens is 320 g/mol. The van der Waals surface area contributed by atoms with E-state index in [4.69, 9.17) is 0 Å². The Hall–Kier alpha value is -0.200. The summed E-state index contributed by atoms with van der Waals surface area (Å²) >= 11 is 8.24. The fourth-order valence-corrected chi connectivity index (χ4v) is 3.85. The maximum absolute atomic E-state index is 11.2. The number of halogens is 2. The topological polar surface area (TPSA) is 45.8 Å². The van der Waals surface area contributed by atoms with Crippen molar-refractivity contribution in [2.75, 3.05) is 0 Å². The third-order valence-electron chi connectivity index (χ3n) is 1.65. The van der Waals surface area contributed by atoms with Gasteiger partial charge in [0.1, 0.15) is 11.2 Å². The molecule has 3 nitrogen and oxygen atoms in total. The molecule has 0 amide bonds. The highest BCUT2D eigenvalue weighted by Crippen LogP contribution is 2.36. The highest BCUT2D eigenvalue weighted by Gasteiger charge is 2.10. The number of nitrogens with zero attached hydrogens (tertiary/aromatic N) is 1. The van der Waals surface area contributed by atoms with Crippen LogP contribution in [-0.2, 0) is 0 Å². The van der Waals surface area contributed by atoms with E-state index in [0.29, 0.717) is 5.69 Å². The summed E-state index contributed by atoms with van der Waals surface area (Å²) in [7, 11) is 0. The Kier molecular flexibility index (Phi) is 2.29. The molecule has 0 aliphatic carbocycles. The van der Waals surface area contributed by atoms with Gasteiger partial charge < -0.3 is 4.98 Å².